The van der Waals surface area contributed by atoms with Crippen molar-refractivity contribution in [3.05, 3.63) is 0 Å². The van der Waals surface area contributed by atoms with Crippen LogP contribution in [0.1, 0.15) is 0 Å². The van der Waals surface area contributed by atoms with E-state index in [4.69, 9.17) is 15.0 Å². The minimum atomic E-state index is -5.84. The molecule has 38 valence electrons. The second-order valence-corrected chi connectivity index (χ2v) is 3.55. The van der Waals surface area contributed by atoms with E-state index in [1.807, 2.05) is 0 Å². The first kappa shape index (κ1) is 11.3. The molecule has 0 bridgehead atoms. The van der Waals surface area contributed by atoms with Crippen molar-refractivity contribution in [3.8, 4) is 0 Å². The van der Waals surface area contributed by atoms with Gasteiger partial charge in [-0.05, 0) is 0 Å². The molecule has 0 saturated carbocycles. The summed E-state index contributed by atoms with van der Waals surface area (Å²) in [6, 6.07) is 0. The fraction of sp³-hybridized carbons (Fsp3) is 0. The molecular formula is HNaO5Sb-. The van der Waals surface area contributed by atoms with Crippen LogP contribution in [-0.4, -0.2) is 25.3 Å². The van der Waals surface area contributed by atoms with Crippen molar-refractivity contribution in [2.75, 3.05) is 0 Å². The fourth-order valence-corrected chi connectivity index (χ4v) is 0. The molecule has 5 nitrogen and oxygen atoms in total. The number of hydrogen-bond acceptors (Lipinski definition) is 5. The van der Waals surface area contributed by atoms with E-state index in [0.29, 0.717) is 0 Å². The molecule has 7 heavy (non-hydrogen) atoms. The second kappa shape index (κ2) is 4.35. The molecule has 0 spiro atoms. The third-order valence-corrected chi connectivity index (χ3v) is 0.671. The average molecular weight is 226 g/mol. The minimum absolute atomic E-state index is 0. The van der Waals surface area contributed by atoms with Gasteiger partial charge in [0.1, 0.15) is 0 Å². The van der Waals surface area contributed by atoms with Gasteiger partial charge in [-0.25, -0.2) is 0 Å². The molecule has 0 amide bonds. The molecule has 0 rings (SSSR count). The summed E-state index contributed by atoms with van der Waals surface area (Å²) in [6.07, 6.45) is 0. The van der Waals surface area contributed by atoms with E-state index in [-0.39, 0.29) is 29.6 Å². The molecule has 0 aromatic carbocycles. The normalized spacial score (nSPS) is 10.1. The molecule has 0 atom stereocenters. The van der Waals surface area contributed by atoms with Crippen molar-refractivity contribution in [1.29, 1.82) is 0 Å². The van der Waals surface area contributed by atoms with Crippen LogP contribution in [0.2, 0.25) is 0 Å². The third-order valence-electron chi connectivity index (χ3n) is 0.100. The van der Waals surface area contributed by atoms with Crippen LogP contribution in [-0.2, 0) is 6.18 Å². The van der Waals surface area contributed by atoms with Gasteiger partial charge in [0.05, 0.1) is 0 Å². The number of hydrogen-bond donors (Lipinski definition) is 1. The third kappa shape index (κ3) is 11.2. The first-order valence-corrected chi connectivity index (χ1v) is 5.08. The molecular weight excluding hydrogens is 225 g/mol. The van der Waals surface area contributed by atoms with Crippen molar-refractivity contribution < 1.29 is 47.8 Å². The summed E-state index contributed by atoms with van der Waals surface area (Å²) in [5, 5.41) is 7.05. The van der Waals surface area contributed by atoms with Crippen LogP contribution in [0, 0.1) is 0 Å². The van der Waals surface area contributed by atoms with Crippen LogP contribution in [0.5, 0.6) is 0 Å². The van der Waals surface area contributed by atoms with Crippen LogP contribution in [0.3, 0.4) is 0 Å². The molecule has 0 unspecified atom stereocenters. The van der Waals surface area contributed by atoms with E-state index >= 15 is 0 Å². The summed E-state index contributed by atoms with van der Waals surface area (Å²) in [6.45, 7) is 0. The maximum atomic E-state index is 9.09. The van der Waals surface area contributed by atoms with E-state index < -0.39 is 20.1 Å². The Balaban J connectivity index is 0. The van der Waals surface area contributed by atoms with Crippen molar-refractivity contribution in [2.24, 2.45) is 0 Å². The van der Waals surface area contributed by atoms with Gasteiger partial charge >= 0.3 is 67.8 Å². The van der Waals surface area contributed by atoms with Crippen molar-refractivity contribution in [3.63, 3.8) is 0 Å². The Morgan fingerprint density at radius 1 is 1.57 bits per heavy atom. The average Bonchev–Trinajstić information content (AvgIpc) is 1.35. The number of rotatable bonds is 1. The van der Waals surface area contributed by atoms with Crippen LogP contribution < -0.4 is 36.3 Å². The van der Waals surface area contributed by atoms with E-state index in [2.05, 4.69) is 3.17 Å². The Morgan fingerprint density at radius 2 is 1.71 bits per heavy atom. The van der Waals surface area contributed by atoms with Crippen molar-refractivity contribution in [1.82, 2.24) is 0 Å². The van der Waals surface area contributed by atoms with Crippen LogP contribution in [0.15, 0.2) is 0 Å². The summed E-state index contributed by atoms with van der Waals surface area (Å²) in [5.74, 6) is 0. The summed E-state index contributed by atoms with van der Waals surface area (Å²) >= 11 is -5.84. The van der Waals surface area contributed by atoms with Gasteiger partial charge in [-0.1, -0.05) is 0 Å². The zero-order valence-electron chi connectivity index (χ0n) is 3.53. The van der Waals surface area contributed by atoms with Gasteiger partial charge < -0.3 is 0 Å². The molecule has 0 aromatic heterocycles. The molecule has 7 heteroatoms. The van der Waals surface area contributed by atoms with Gasteiger partial charge in [0.2, 0.25) is 0 Å². The van der Waals surface area contributed by atoms with E-state index in [9.17, 15) is 0 Å². The molecule has 0 aliphatic rings. The van der Waals surface area contributed by atoms with Crippen LogP contribution >= 0.6 is 0 Å². The Kier molecular flexibility index (Phi) is 7.01. The van der Waals surface area contributed by atoms with E-state index in [1.54, 1.807) is 0 Å². The Hall–Kier alpha value is 1.46. The second-order valence-electron chi connectivity index (χ2n) is 0.529. The molecule has 0 radical (unpaired) electrons. The zero-order valence-corrected chi connectivity index (χ0v) is 8.08. The van der Waals surface area contributed by atoms with Gasteiger partial charge in [-0.3, -0.25) is 0 Å². The first-order valence-electron chi connectivity index (χ1n) is 0.913. The van der Waals surface area contributed by atoms with E-state index in [1.165, 1.54) is 0 Å². The molecule has 0 aromatic rings. The predicted octanol–water partition coefficient (Wildman–Crippen LogP) is -5.93. The molecule has 0 aliphatic heterocycles. The fourth-order valence-electron chi connectivity index (χ4n) is 0. The monoisotopic (exact) mass is 225 g/mol. The zero-order chi connectivity index (χ0) is 5.21. The summed E-state index contributed by atoms with van der Waals surface area (Å²) < 4.78 is 29.7. The van der Waals surface area contributed by atoms with Gasteiger partial charge in [-0.2, -0.15) is 0 Å². The van der Waals surface area contributed by atoms with E-state index in [0.717, 1.165) is 0 Å². The molecule has 0 aliphatic carbocycles. The topological polar surface area (TPSA) is 92.7 Å². The molecule has 0 saturated heterocycles. The van der Waals surface area contributed by atoms with Gasteiger partial charge in [0, 0.05) is 0 Å². The Bertz CT molecular complexity index is 72.1. The summed E-state index contributed by atoms with van der Waals surface area (Å²) in [5.41, 5.74) is 0. The molecule has 0 heterocycles. The summed E-state index contributed by atoms with van der Waals surface area (Å²) in [4.78, 5) is 0. The van der Waals surface area contributed by atoms with Crippen molar-refractivity contribution >= 4 is 20.1 Å². The van der Waals surface area contributed by atoms with Crippen LogP contribution in [0.4, 0.5) is 0 Å². The Labute approximate surface area is 67.2 Å². The molecule has 1 N–H and O–H groups in total. The van der Waals surface area contributed by atoms with Gasteiger partial charge in [-0.15, -0.1) is 0 Å². The predicted molar refractivity (Wildman–Crippen MR) is 10.2 cm³/mol. The first-order chi connectivity index (χ1) is 2.56. The van der Waals surface area contributed by atoms with Crippen molar-refractivity contribution in [2.45, 2.75) is 0 Å². The molecule has 0 fully saturated rings. The maximum absolute atomic E-state index is 9.09. The van der Waals surface area contributed by atoms with Gasteiger partial charge in [0.15, 0.2) is 0 Å². The SMILES string of the molecule is [Na+].[O]=[Sb]([O-])([O-])[O]O. The van der Waals surface area contributed by atoms with Gasteiger partial charge in [0.25, 0.3) is 0 Å². The van der Waals surface area contributed by atoms with Crippen LogP contribution in [0.25, 0.3) is 0 Å². The summed E-state index contributed by atoms with van der Waals surface area (Å²) in [7, 11) is 0. The quantitative estimate of drug-likeness (QED) is 0.273. The Morgan fingerprint density at radius 3 is 1.71 bits per heavy atom. The standard InChI is InChI=1S/Na.H2O2.3O.Sb/c;1-2;;;;/h;1-2H;;;;/q+1;;;2*-1;+1/p-1.